The maximum Gasteiger partial charge on any atom is 0.153 e. The summed E-state index contributed by atoms with van der Waals surface area (Å²) in [6.45, 7) is 5.51. The van der Waals surface area contributed by atoms with E-state index in [9.17, 15) is 0 Å². The average Bonchev–Trinajstić information content (AvgIpc) is 2.65. The van der Waals surface area contributed by atoms with Gasteiger partial charge in [0.15, 0.2) is 5.82 Å². The maximum absolute atomic E-state index is 8.85. The van der Waals surface area contributed by atoms with Crippen molar-refractivity contribution in [3.05, 3.63) is 0 Å². The minimum atomic E-state index is 0.164. The first-order chi connectivity index (χ1) is 8.00. The number of nitrogens with zero attached hydrogens (tertiary/aromatic N) is 1. The lowest BCUT2D eigenvalue weighted by Gasteiger charge is -2.24. The van der Waals surface area contributed by atoms with Crippen molar-refractivity contribution in [3.8, 4) is 0 Å². The molecule has 6 heteroatoms. The van der Waals surface area contributed by atoms with Crippen LogP contribution in [0.2, 0.25) is 0 Å². The fourth-order valence-corrected chi connectivity index (χ4v) is 3.11. The van der Waals surface area contributed by atoms with E-state index in [4.69, 9.17) is 10.8 Å². The molecule has 0 aromatic carbocycles. The highest BCUT2D eigenvalue weighted by Gasteiger charge is 2.19. The molecule has 0 amide bonds. The van der Waals surface area contributed by atoms with Crippen LogP contribution >= 0.6 is 23.3 Å². The van der Waals surface area contributed by atoms with Gasteiger partial charge < -0.3 is 16.2 Å². The monoisotopic (exact) mass is 275 g/mol. The zero-order valence-corrected chi connectivity index (χ0v) is 12.2. The van der Waals surface area contributed by atoms with Crippen LogP contribution in [0.15, 0.2) is 4.90 Å². The summed E-state index contributed by atoms with van der Waals surface area (Å²) in [7, 11) is 0. The third-order valence-corrected chi connectivity index (χ3v) is 4.39. The van der Waals surface area contributed by atoms with Crippen LogP contribution in [0.4, 0.5) is 10.8 Å². The van der Waals surface area contributed by atoms with Crippen molar-refractivity contribution in [1.82, 2.24) is 4.37 Å². The fourth-order valence-electron chi connectivity index (χ4n) is 1.57. The molecular formula is C11H21N3OS2. The predicted molar refractivity (Wildman–Crippen MR) is 76.9 cm³/mol. The van der Waals surface area contributed by atoms with E-state index in [1.54, 1.807) is 11.8 Å². The third kappa shape index (κ3) is 4.37. The molecule has 4 nitrogen and oxygen atoms in total. The van der Waals surface area contributed by atoms with Crippen molar-refractivity contribution in [1.29, 1.82) is 0 Å². The lowest BCUT2D eigenvalue weighted by atomic mass is 9.88. The van der Waals surface area contributed by atoms with E-state index < -0.39 is 0 Å². The molecule has 0 aliphatic heterocycles. The third-order valence-electron chi connectivity index (χ3n) is 2.62. The van der Waals surface area contributed by atoms with Crippen molar-refractivity contribution < 1.29 is 5.11 Å². The van der Waals surface area contributed by atoms with Gasteiger partial charge >= 0.3 is 0 Å². The highest BCUT2D eigenvalue weighted by Crippen LogP contribution is 2.35. The molecule has 0 aliphatic rings. The van der Waals surface area contributed by atoms with Crippen LogP contribution in [-0.2, 0) is 0 Å². The number of aliphatic hydroxyl groups excluding tert-OH is 1. The molecule has 1 aromatic rings. The molecular weight excluding hydrogens is 254 g/mol. The second-order valence-corrected chi connectivity index (χ2v) is 6.37. The number of anilines is 2. The number of hydrogen-bond donors (Lipinski definition) is 3. The lowest BCUT2D eigenvalue weighted by Crippen LogP contribution is -2.23. The first-order valence-electron chi connectivity index (χ1n) is 5.64. The molecule has 4 N–H and O–H groups in total. The van der Waals surface area contributed by atoms with E-state index in [2.05, 4.69) is 23.5 Å². The van der Waals surface area contributed by atoms with Crippen LogP contribution < -0.4 is 11.1 Å². The Labute approximate surface area is 111 Å². The van der Waals surface area contributed by atoms with Crippen molar-refractivity contribution in [2.45, 2.75) is 31.6 Å². The second-order valence-electron chi connectivity index (χ2n) is 4.78. The van der Waals surface area contributed by atoms with E-state index in [1.165, 1.54) is 11.5 Å². The number of nitrogens with two attached hydrogens (primary N) is 1. The fraction of sp³-hybridized carbons (Fsp3) is 0.727. The van der Waals surface area contributed by atoms with Gasteiger partial charge in [0.2, 0.25) is 0 Å². The van der Waals surface area contributed by atoms with E-state index >= 15 is 0 Å². The topological polar surface area (TPSA) is 71.2 Å². The maximum atomic E-state index is 8.85. The van der Waals surface area contributed by atoms with Crippen LogP contribution in [-0.4, -0.2) is 28.9 Å². The van der Waals surface area contributed by atoms with Gasteiger partial charge in [-0.3, -0.25) is 0 Å². The quantitative estimate of drug-likeness (QED) is 0.667. The van der Waals surface area contributed by atoms with Crippen LogP contribution in [0, 0.1) is 5.41 Å². The average molecular weight is 275 g/mol. The molecule has 0 atom stereocenters. The van der Waals surface area contributed by atoms with E-state index in [0.29, 0.717) is 5.82 Å². The Hall–Kier alpha value is -0.460. The first kappa shape index (κ1) is 14.6. The zero-order chi connectivity index (χ0) is 12.9. The first-order valence-corrected chi connectivity index (χ1v) is 7.64. The molecule has 0 bridgehead atoms. The van der Waals surface area contributed by atoms with Gasteiger partial charge in [-0.1, -0.05) is 13.8 Å². The van der Waals surface area contributed by atoms with E-state index in [0.717, 1.165) is 29.3 Å². The molecule has 0 fully saturated rings. The molecule has 0 unspecified atom stereocenters. The molecule has 98 valence electrons. The standard InChI is InChI=1S/C11H21N3OS2/c1-11(2,5-4-6-15)7-13-10-8(16-3)9(12)14-17-10/h13,15H,4-7H2,1-3H3,(H2,12,14). The van der Waals surface area contributed by atoms with E-state index in [-0.39, 0.29) is 12.0 Å². The molecule has 0 radical (unpaired) electrons. The largest absolute Gasteiger partial charge is 0.396 e. The van der Waals surface area contributed by atoms with Crippen LogP contribution in [0.1, 0.15) is 26.7 Å². The molecule has 0 aliphatic carbocycles. The lowest BCUT2D eigenvalue weighted by molar-refractivity contribution is 0.248. The summed E-state index contributed by atoms with van der Waals surface area (Å²) in [6, 6.07) is 0. The Bertz CT molecular complexity index is 352. The number of aliphatic hydroxyl groups is 1. The minimum absolute atomic E-state index is 0.164. The van der Waals surface area contributed by atoms with Gasteiger partial charge in [-0.15, -0.1) is 11.8 Å². The second kappa shape index (κ2) is 6.47. The van der Waals surface area contributed by atoms with Gasteiger partial charge in [0.25, 0.3) is 0 Å². The van der Waals surface area contributed by atoms with Gasteiger partial charge in [-0.2, -0.15) is 4.37 Å². The minimum Gasteiger partial charge on any atom is -0.396 e. The summed E-state index contributed by atoms with van der Waals surface area (Å²) in [4.78, 5) is 1.04. The van der Waals surface area contributed by atoms with Gasteiger partial charge in [0, 0.05) is 13.2 Å². The van der Waals surface area contributed by atoms with Gasteiger partial charge in [-0.25, -0.2) is 0 Å². The smallest absolute Gasteiger partial charge is 0.153 e. The van der Waals surface area contributed by atoms with Crippen molar-refractivity contribution in [2.75, 3.05) is 30.5 Å². The van der Waals surface area contributed by atoms with Gasteiger partial charge in [0.1, 0.15) is 5.00 Å². The van der Waals surface area contributed by atoms with Crippen molar-refractivity contribution in [3.63, 3.8) is 0 Å². The number of nitrogen functional groups attached to an aromatic ring is 1. The Morgan fingerprint density at radius 3 is 2.82 bits per heavy atom. The number of aromatic nitrogens is 1. The summed E-state index contributed by atoms with van der Waals surface area (Å²) in [5.74, 6) is 0.609. The Balaban J connectivity index is 2.54. The molecule has 0 spiro atoms. The SMILES string of the molecule is CSc1c(N)nsc1NCC(C)(C)CCCO. The van der Waals surface area contributed by atoms with Crippen molar-refractivity contribution in [2.24, 2.45) is 5.41 Å². The summed E-state index contributed by atoms with van der Waals surface area (Å²) >= 11 is 3.03. The van der Waals surface area contributed by atoms with E-state index in [1.807, 2.05) is 6.26 Å². The summed E-state index contributed by atoms with van der Waals surface area (Å²) < 4.78 is 4.15. The molecule has 1 aromatic heterocycles. The predicted octanol–water partition coefficient (Wildman–Crippen LogP) is 2.66. The molecule has 1 heterocycles. The molecule has 0 saturated heterocycles. The Morgan fingerprint density at radius 2 is 2.24 bits per heavy atom. The molecule has 0 saturated carbocycles. The highest BCUT2D eigenvalue weighted by atomic mass is 32.2. The van der Waals surface area contributed by atoms with Crippen LogP contribution in [0.3, 0.4) is 0 Å². The van der Waals surface area contributed by atoms with Crippen molar-refractivity contribution >= 4 is 34.1 Å². The zero-order valence-electron chi connectivity index (χ0n) is 10.6. The molecule has 1 rings (SSSR count). The number of hydrogen-bond acceptors (Lipinski definition) is 6. The van der Waals surface area contributed by atoms with Crippen LogP contribution in [0.5, 0.6) is 0 Å². The van der Waals surface area contributed by atoms with Crippen LogP contribution in [0.25, 0.3) is 0 Å². The summed E-state index contributed by atoms with van der Waals surface area (Å²) in [5, 5.41) is 13.3. The number of rotatable bonds is 7. The van der Waals surface area contributed by atoms with Gasteiger partial charge in [0.05, 0.1) is 4.90 Å². The number of nitrogens with one attached hydrogen (secondary N) is 1. The normalized spacial score (nSPS) is 11.8. The highest BCUT2D eigenvalue weighted by molar-refractivity contribution is 7.99. The Morgan fingerprint density at radius 1 is 1.53 bits per heavy atom. The summed E-state index contributed by atoms with van der Waals surface area (Å²) in [6.07, 6.45) is 3.84. The Kier molecular flexibility index (Phi) is 5.55. The van der Waals surface area contributed by atoms with Gasteiger partial charge in [-0.05, 0) is 36.0 Å². The summed E-state index contributed by atoms with van der Waals surface area (Å²) in [5.41, 5.74) is 5.94. The number of thioether (sulfide) groups is 1. The molecule has 17 heavy (non-hydrogen) atoms.